The first-order chi connectivity index (χ1) is 8.17. The van der Waals surface area contributed by atoms with Crippen molar-refractivity contribution in [3.05, 3.63) is 18.0 Å². The summed E-state index contributed by atoms with van der Waals surface area (Å²) < 4.78 is 0. The van der Waals surface area contributed by atoms with Crippen molar-refractivity contribution in [1.82, 2.24) is 20.6 Å². The van der Waals surface area contributed by atoms with Gasteiger partial charge in [0.05, 0.1) is 6.54 Å². The van der Waals surface area contributed by atoms with Crippen LogP contribution < -0.4 is 15.5 Å². The summed E-state index contributed by atoms with van der Waals surface area (Å²) in [5, 5.41) is 5.76. The number of nitrogens with one attached hydrogen (secondary N) is 2. The Hall–Kier alpha value is -1.69. The molecule has 0 aliphatic carbocycles. The normalized spacial score (nSPS) is 10.1. The molecule has 6 heteroatoms. The molecule has 1 heterocycles. The lowest BCUT2D eigenvalue weighted by molar-refractivity contribution is -0.119. The van der Waals surface area contributed by atoms with Crippen LogP contribution in [0.3, 0.4) is 0 Å². The van der Waals surface area contributed by atoms with E-state index in [4.69, 9.17) is 0 Å². The Morgan fingerprint density at radius 3 is 2.59 bits per heavy atom. The van der Waals surface area contributed by atoms with Gasteiger partial charge in [-0.3, -0.25) is 4.79 Å². The number of hydrogen-bond acceptors (Lipinski definition) is 5. The SMILES string of the molecule is CCNC(=O)CN(C)c1ncc(CNC)cn1. The first kappa shape index (κ1) is 13.4. The second kappa shape index (κ2) is 6.80. The molecule has 0 aromatic carbocycles. The second-order valence-electron chi connectivity index (χ2n) is 3.73. The predicted octanol–water partition coefficient (Wildman–Crippen LogP) is -0.232. The summed E-state index contributed by atoms with van der Waals surface area (Å²) in [7, 11) is 3.66. The molecule has 1 amide bonds. The minimum atomic E-state index is -0.0297. The van der Waals surface area contributed by atoms with E-state index in [1.54, 1.807) is 24.3 Å². The van der Waals surface area contributed by atoms with Crippen molar-refractivity contribution in [3.63, 3.8) is 0 Å². The topological polar surface area (TPSA) is 70.2 Å². The van der Waals surface area contributed by atoms with E-state index in [1.165, 1.54) is 0 Å². The number of anilines is 1. The maximum atomic E-state index is 11.4. The molecule has 0 radical (unpaired) electrons. The summed E-state index contributed by atoms with van der Waals surface area (Å²) >= 11 is 0. The number of amides is 1. The Morgan fingerprint density at radius 1 is 1.41 bits per heavy atom. The summed E-state index contributed by atoms with van der Waals surface area (Å²) in [6.45, 7) is 3.52. The molecule has 1 aromatic heterocycles. The molecule has 0 bridgehead atoms. The number of aromatic nitrogens is 2. The minimum absolute atomic E-state index is 0.0297. The van der Waals surface area contributed by atoms with Gasteiger partial charge in [-0.2, -0.15) is 0 Å². The van der Waals surface area contributed by atoms with E-state index < -0.39 is 0 Å². The van der Waals surface area contributed by atoms with E-state index in [9.17, 15) is 4.79 Å². The lowest BCUT2D eigenvalue weighted by Gasteiger charge is -2.16. The van der Waals surface area contributed by atoms with Crippen LogP contribution in [0.4, 0.5) is 5.95 Å². The van der Waals surface area contributed by atoms with Crippen molar-refractivity contribution >= 4 is 11.9 Å². The molecular formula is C11H19N5O. The van der Waals surface area contributed by atoms with Crippen LogP contribution in [0.15, 0.2) is 12.4 Å². The highest BCUT2D eigenvalue weighted by Crippen LogP contribution is 2.04. The molecule has 0 fully saturated rings. The fourth-order valence-electron chi connectivity index (χ4n) is 1.38. The zero-order valence-corrected chi connectivity index (χ0v) is 10.5. The summed E-state index contributed by atoms with van der Waals surface area (Å²) in [6.07, 6.45) is 3.51. The summed E-state index contributed by atoms with van der Waals surface area (Å²) in [6, 6.07) is 0. The Bertz CT molecular complexity index is 351. The first-order valence-electron chi connectivity index (χ1n) is 5.60. The third kappa shape index (κ3) is 4.36. The van der Waals surface area contributed by atoms with E-state index in [0.29, 0.717) is 12.5 Å². The van der Waals surface area contributed by atoms with E-state index in [0.717, 1.165) is 12.1 Å². The van der Waals surface area contributed by atoms with Crippen LogP contribution in [0.25, 0.3) is 0 Å². The Morgan fingerprint density at radius 2 is 2.06 bits per heavy atom. The highest BCUT2D eigenvalue weighted by Gasteiger charge is 2.08. The molecule has 17 heavy (non-hydrogen) atoms. The highest BCUT2D eigenvalue weighted by molar-refractivity contribution is 5.80. The Balaban J connectivity index is 2.56. The lowest BCUT2D eigenvalue weighted by atomic mass is 10.3. The van der Waals surface area contributed by atoms with E-state index in [-0.39, 0.29) is 12.5 Å². The van der Waals surface area contributed by atoms with Crippen LogP contribution in [0.5, 0.6) is 0 Å². The molecule has 2 N–H and O–H groups in total. The highest BCUT2D eigenvalue weighted by atomic mass is 16.2. The van der Waals surface area contributed by atoms with Gasteiger partial charge in [0.15, 0.2) is 0 Å². The third-order valence-electron chi connectivity index (χ3n) is 2.17. The van der Waals surface area contributed by atoms with Crippen molar-refractivity contribution < 1.29 is 4.79 Å². The van der Waals surface area contributed by atoms with Gasteiger partial charge in [-0.15, -0.1) is 0 Å². The molecule has 0 saturated carbocycles. The largest absolute Gasteiger partial charge is 0.355 e. The van der Waals surface area contributed by atoms with Crippen molar-refractivity contribution in [1.29, 1.82) is 0 Å². The van der Waals surface area contributed by atoms with Gasteiger partial charge in [0.2, 0.25) is 11.9 Å². The second-order valence-corrected chi connectivity index (χ2v) is 3.73. The molecule has 0 aliphatic rings. The molecule has 94 valence electrons. The van der Waals surface area contributed by atoms with Gasteiger partial charge >= 0.3 is 0 Å². The molecule has 1 aromatic rings. The minimum Gasteiger partial charge on any atom is -0.355 e. The van der Waals surface area contributed by atoms with Crippen molar-refractivity contribution in [2.45, 2.75) is 13.5 Å². The smallest absolute Gasteiger partial charge is 0.239 e. The standard InChI is InChI=1S/C11H19N5O/c1-4-13-10(17)8-16(3)11-14-6-9(5-12-2)7-15-11/h6-7,12H,4-5,8H2,1-3H3,(H,13,17). The molecule has 0 atom stereocenters. The van der Waals surface area contributed by atoms with E-state index in [1.807, 2.05) is 14.0 Å². The summed E-state index contributed by atoms with van der Waals surface area (Å²) in [5.41, 5.74) is 1.02. The van der Waals surface area contributed by atoms with Crippen LogP contribution in [-0.2, 0) is 11.3 Å². The molecule has 1 rings (SSSR count). The van der Waals surface area contributed by atoms with Crippen LogP contribution in [0, 0.1) is 0 Å². The van der Waals surface area contributed by atoms with Crippen LogP contribution in [0.2, 0.25) is 0 Å². The van der Waals surface area contributed by atoms with Gasteiger partial charge in [0.1, 0.15) is 0 Å². The maximum Gasteiger partial charge on any atom is 0.239 e. The number of likely N-dealkylation sites (N-methyl/N-ethyl adjacent to an activating group) is 2. The van der Waals surface area contributed by atoms with Gasteiger partial charge in [0.25, 0.3) is 0 Å². The van der Waals surface area contributed by atoms with Gasteiger partial charge in [-0.1, -0.05) is 0 Å². The number of nitrogens with zero attached hydrogens (tertiary/aromatic N) is 3. The fraction of sp³-hybridized carbons (Fsp3) is 0.545. The zero-order valence-electron chi connectivity index (χ0n) is 10.5. The fourth-order valence-corrected chi connectivity index (χ4v) is 1.38. The Labute approximate surface area is 101 Å². The number of carbonyl (C=O) groups is 1. The number of rotatable bonds is 6. The van der Waals surface area contributed by atoms with Crippen LogP contribution >= 0.6 is 0 Å². The summed E-state index contributed by atoms with van der Waals surface area (Å²) in [5.74, 6) is 0.522. The quantitative estimate of drug-likeness (QED) is 0.715. The molecule has 0 saturated heterocycles. The summed E-state index contributed by atoms with van der Waals surface area (Å²) in [4.78, 5) is 21.5. The zero-order chi connectivity index (χ0) is 12.7. The molecule has 6 nitrogen and oxygen atoms in total. The van der Waals surface area contributed by atoms with Gasteiger partial charge in [-0.25, -0.2) is 9.97 Å². The monoisotopic (exact) mass is 237 g/mol. The van der Waals surface area contributed by atoms with E-state index >= 15 is 0 Å². The van der Waals surface area contributed by atoms with Crippen molar-refractivity contribution in [2.75, 3.05) is 32.1 Å². The van der Waals surface area contributed by atoms with Gasteiger partial charge in [-0.05, 0) is 14.0 Å². The lowest BCUT2D eigenvalue weighted by Crippen LogP contribution is -2.35. The molecule has 0 aliphatic heterocycles. The average molecular weight is 237 g/mol. The van der Waals surface area contributed by atoms with Gasteiger partial charge < -0.3 is 15.5 Å². The van der Waals surface area contributed by atoms with Gasteiger partial charge in [0, 0.05) is 38.1 Å². The third-order valence-corrected chi connectivity index (χ3v) is 2.17. The van der Waals surface area contributed by atoms with Crippen LogP contribution in [-0.4, -0.2) is 43.1 Å². The maximum absolute atomic E-state index is 11.4. The predicted molar refractivity (Wildman–Crippen MR) is 66.7 cm³/mol. The first-order valence-corrected chi connectivity index (χ1v) is 5.60. The Kier molecular flexibility index (Phi) is 5.35. The molecule has 0 spiro atoms. The average Bonchev–Trinajstić information content (AvgIpc) is 2.30. The van der Waals surface area contributed by atoms with Crippen LogP contribution in [0.1, 0.15) is 12.5 Å². The number of carbonyl (C=O) groups excluding carboxylic acids is 1. The molecule has 0 unspecified atom stereocenters. The number of hydrogen-bond donors (Lipinski definition) is 2. The van der Waals surface area contributed by atoms with Crippen molar-refractivity contribution in [2.24, 2.45) is 0 Å². The van der Waals surface area contributed by atoms with E-state index in [2.05, 4.69) is 20.6 Å². The molecular weight excluding hydrogens is 218 g/mol. The van der Waals surface area contributed by atoms with Crippen molar-refractivity contribution in [3.8, 4) is 0 Å².